The smallest absolute Gasteiger partial charge is 0.161 e. The summed E-state index contributed by atoms with van der Waals surface area (Å²) in [6, 6.07) is 8.07. The average molecular weight is 293 g/mol. The predicted octanol–water partition coefficient (Wildman–Crippen LogP) is 4.37. The first-order chi connectivity index (χ1) is 9.58. The number of fused-ring (bicyclic) bond motifs is 1. The molecule has 3 aromatic rings. The molecular formula is C15H10F3NS. The third-order valence-corrected chi connectivity index (χ3v) is 4.20. The van der Waals surface area contributed by atoms with Crippen molar-refractivity contribution in [2.24, 2.45) is 5.73 Å². The molecule has 20 heavy (non-hydrogen) atoms. The third kappa shape index (κ3) is 2.09. The van der Waals surface area contributed by atoms with Crippen LogP contribution >= 0.6 is 11.3 Å². The molecule has 2 aromatic carbocycles. The number of hydrogen-bond donors (Lipinski definition) is 1. The molecule has 0 aliphatic carbocycles. The Morgan fingerprint density at radius 2 is 1.60 bits per heavy atom. The Balaban J connectivity index is 2.13. The zero-order chi connectivity index (χ0) is 14.3. The summed E-state index contributed by atoms with van der Waals surface area (Å²) in [5, 5.41) is 2.71. The molecule has 0 radical (unpaired) electrons. The highest BCUT2D eigenvalue weighted by Gasteiger charge is 2.19. The van der Waals surface area contributed by atoms with Crippen molar-refractivity contribution >= 4 is 21.4 Å². The number of halogens is 3. The number of hydrogen-bond acceptors (Lipinski definition) is 2. The van der Waals surface area contributed by atoms with Crippen molar-refractivity contribution in [1.82, 2.24) is 0 Å². The molecule has 0 spiro atoms. The van der Waals surface area contributed by atoms with E-state index in [-0.39, 0.29) is 5.56 Å². The van der Waals surface area contributed by atoms with Gasteiger partial charge in [0.05, 0.1) is 6.04 Å². The van der Waals surface area contributed by atoms with E-state index in [1.54, 1.807) is 0 Å². The molecule has 1 aromatic heterocycles. The highest BCUT2D eigenvalue weighted by Crippen LogP contribution is 2.33. The van der Waals surface area contributed by atoms with Crippen LogP contribution in [0.1, 0.15) is 17.2 Å². The van der Waals surface area contributed by atoms with Gasteiger partial charge in [-0.05, 0) is 28.5 Å². The Hall–Kier alpha value is -1.85. The molecule has 3 rings (SSSR count). The van der Waals surface area contributed by atoms with E-state index in [0.717, 1.165) is 16.2 Å². The van der Waals surface area contributed by atoms with E-state index < -0.39 is 23.5 Å². The Morgan fingerprint density at radius 3 is 2.40 bits per heavy atom. The third-order valence-electron chi connectivity index (χ3n) is 3.22. The van der Waals surface area contributed by atoms with Gasteiger partial charge in [-0.3, -0.25) is 0 Å². The van der Waals surface area contributed by atoms with Gasteiger partial charge in [0.2, 0.25) is 0 Å². The van der Waals surface area contributed by atoms with Gasteiger partial charge in [0.25, 0.3) is 0 Å². The number of rotatable bonds is 2. The molecule has 5 heteroatoms. The van der Waals surface area contributed by atoms with Crippen LogP contribution < -0.4 is 5.73 Å². The van der Waals surface area contributed by atoms with Crippen molar-refractivity contribution in [3.05, 3.63) is 70.4 Å². The Bertz CT molecular complexity index is 782. The van der Waals surface area contributed by atoms with E-state index in [4.69, 9.17) is 5.73 Å². The Kier molecular flexibility index (Phi) is 3.23. The minimum Gasteiger partial charge on any atom is -0.320 e. The molecular weight excluding hydrogens is 283 g/mol. The summed E-state index contributed by atoms with van der Waals surface area (Å²) in [6.07, 6.45) is 0. The van der Waals surface area contributed by atoms with Crippen molar-refractivity contribution in [3.8, 4) is 0 Å². The molecule has 0 saturated heterocycles. The second-order valence-corrected chi connectivity index (χ2v) is 5.36. The summed E-state index contributed by atoms with van der Waals surface area (Å²) in [7, 11) is 0. The van der Waals surface area contributed by atoms with E-state index in [9.17, 15) is 13.2 Å². The highest BCUT2D eigenvalue weighted by atomic mass is 32.1. The summed E-state index contributed by atoms with van der Waals surface area (Å²) in [4.78, 5) is 0. The zero-order valence-corrected chi connectivity index (χ0v) is 11.1. The van der Waals surface area contributed by atoms with E-state index >= 15 is 0 Å². The van der Waals surface area contributed by atoms with Gasteiger partial charge < -0.3 is 5.73 Å². The van der Waals surface area contributed by atoms with Crippen LogP contribution in [0.15, 0.2) is 41.8 Å². The minimum atomic E-state index is -1.21. The molecule has 2 N–H and O–H groups in total. The number of nitrogens with two attached hydrogens (primary N) is 1. The summed E-state index contributed by atoms with van der Waals surface area (Å²) in [5.41, 5.74) is 6.68. The van der Waals surface area contributed by atoms with Crippen LogP contribution in [-0.4, -0.2) is 0 Å². The van der Waals surface area contributed by atoms with E-state index in [1.807, 2.05) is 29.6 Å². The van der Waals surface area contributed by atoms with Gasteiger partial charge in [-0.2, -0.15) is 0 Å². The van der Waals surface area contributed by atoms with Crippen molar-refractivity contribution in [1.29, 1.82) is 0 Å². The topological polar surface area (TPSA) is 26.0 Å². The second kappa shape index (κ2) is 4.92. The molecule has 1 nitrogen and oxygen atoms in total. The molecule has 1 unspecified atom stereocenters. The van der Waals surface area contributed by atoms with Gasteiger partial charge in [0, 0.05) is 16.3 Å². The fourth-order valence-electron chi connectivity index (χ4n) is 2.18. The predicted molar refractivity (Wildman–Crippen MR) is 74.2 cm³/mol. The summed E-state index contributed by atoms with van der Waals surface area (Å²) < 4.78 is 41.0. The van der Waals surface area contributed by atoms with Gasteiger partial charge >= 0.3 is 0 Å². The second-order valence-electron chi connectivity index (χ2n) is 4.45. The summed E-state index contributed by atoms with van der Waals surface area (Å²) in [6.45, 7) is 0. The Labute approximate surface area is 117 Å². The molecule has 102 valence electrons. The summed E-state index contributed by atoms with van der Waals surface area (Å²) >= 11 is 1.48. The van der Waals surface area contributed by atoms with E-state index in [2.05, 4.69) is 0 Å². The van der Waals surface area contributed by atoms with Gasteiger partial charge in [0.15, 0.2) is 11.6 Å². The maximum atomic E-state index is 13.8. The quantitative estimate of drug-likeness (QED) is 0.698. The monoisotopic (exact) mass is 293 g/mol. The lowest BCUT2D eigenvalue weighted by Crippen LogP contribution is -2.14. The maximum Gasteiger partial charge on any atom is 0.161 e. The molecule has 0 fully saturated rings. The van der Waals surface area contributed by atoms with Crippen molar-refractivity contribution < 1.29 is 13.2 Å². The SMILES string of the molecule is NC(c1cc(F)c(F)cc1F)c1csc2ccccc12. The standard InChI is InChI=1S/C15H10F3NS/c16-11-6-13(18)12(17)5-9(11)15(19)10-7-20-14-4-2-1-3-8(10)14/h1-7,15H,19H2. The van der Waals surface area contributed by atoms with Crippen LogP contribution in [-0.2, 0) is 0 Å². The first-order valence-electron chi connectivity index (χ1n) is 5.94. The molecule has 0 amide bonds. The molecule has 0 aliphatic rings. The molecule has 1 heterocycles. The summed E-state index contributed by atoms with van der Waals surface area (Å²) in [5.74, 6) is -3.16. The normalized spacial score (nSPS) is 12.8. The van der Waals surface area contributed by atoms with Crippen LogP contribution in [0, 0.1) is 17.5 Å². The fraction of sp³-hybridized carbons (Fsp3) is 0.0667. The van der Waals surface area contributed by atoms with Crippen LogP contribution in [0.5, 0.6) is 0 Å². The van der Waals surface area contributed by atoms with E-state index in [1.165, 1.54) is 11.3 Å². The Morgan fingerprint density at radius 1 is 0.900 bits per heavy atom. The van der Waals surface area contributed by atoms with E-state index in [0.29, 0.717) is 11.6 Å². The number of benzene rings is 2. The van der Waals surface area contributed by atoms with Crippen LogP contribution in [0.4, 0.5) is 13.2 Å². The largest absolute Gasteiger partial charge is 0.320 e. The van der Waals surface area contributed by atoms with Crippen LogP contribution in [0.25, 0.3) is 10.1 Å². The molecule has 0 bridgehead atoms. The van der Waals surface area contributed by atoms with Gasteiger partial charge in [-0.1, -0.05) is 18.2 Å². The molecule has 0 saturated carbocycles. The fourth-order valence-corrected chi connectivity index (χ4v) is 3.18. The first kappa shape index (κ1) is 13.1. The highest BCUT2D eigenvalue weighted by molar-refractivity contribution is 7.17. The lowest BCUT2D eigenvalue weighted by atomic mass is 9.98. The van der Waals surface area contributed by atoms with Crippen molar-refractivity contribution in [2.45, 2.75) is 6.04 Å². The van der Waals surface area contributed by atoms with Crippen molar-refractivity contribution in [3.63, 3.8) is 0 Å². The molecule has 1 atom stereocenters. The zero-order valence-electron chi connectivity index (χ0n) is 10.2. The lowest BCUT2D eigenvalue weighted by molar-refractivity contribution is 0.488. The van der Waals surface area contributed by atoms with Gasteiger partial charge in [-0.25, -0.2) is 13.2 Å². The minimum absolute atomic E-state index is 0.0487. The van der Waals surface area contributed by atoms with Gasteiger partial charge in [-0.15, -0.1) is 11.3 Å². The van der Waals surface area contributed by atoms with Crippen LogP contribution in [0.3, 0.4) is 0 Å². The maximum absolute atomic E-state index is 13.8. The first-order valence-corrected chi connectivity index (χ1v) is 6.82. The van der Waals surface area contributed by atoms with Crippen LogP contribution in [0.2, 0.25) is 0 Å². The average Bonchev–Trinajstić information content (AvgIpc) is 2.86. The van der Waals surface area contributed by atoms with Gasteiger partial charge in [0.1, 0.15) is 5.82 Å². The van der Waals surface area contributed by atoms with Crippen molar-refractivity contribution in [2.75, 3.05) is 0 Å². The molecule has 0 aliphatic heterocycles. The number of thiophene rings is 1. The lowest BCUT2D eigenvalue weighted by Gasteiger charge is -2.13.